The minimum absolute atomic E-state index is 0.174. The van der Waals surface area contributed by atoms with Crippen LogP contribution < -0.4 is 0 Å². The highest BCUT2D eigenvalue weighted by molar-refractivity contribution is 7.17. The lowest BCUT2D eigenvalue weighted by molar-refractivity contribution is 0.585. The van der Waals surface area contributed by atoms with E-state index in [0.29, 0.717) is 21.1 Å². The number of nitrogens with zero attached hydrogens (tertiary/aromatic N) is 2. The fourth-order valence-electron chi connectivity index (χ4n) is 1.84. The summed E-state index contributed by atoms with van der Waals surface area (Å²) in [5, 5.41) is 8.63. The highest BCUT2D eigenvalue weighted by Crippen LogP contribution is 2.32. The highest BCUT2D eigenvalue weighted by atomic mass is 32.1. The molecular weight excluding hydrogens is 297 g/mol. The van der Waals surface area contributed by atoms with Crippen molar-refractivity contribution in [3.8, 4) is 21.1 Å². The molecule has 0 atom stereocenters. The van der Waals surface area contributed by atoms with Crippen LogP contribution in [0.4, 0.5) is 13.2 Å². The Morgan fingerprint density at radius 2 is 1.62 bits per heavy atom. The summed E-state index contributed by atoms with van der Waals surface area (Å²) < 4.78 is 40.2. The van der Waals surface area contributed by atoms with Gasteiger partial charge in [-0.25, -0.2) is 13.2 Å². The summed E-state index contributed by atoms with van der Waals surface area (Å²) in [4.78, 5) is 0. The molecule has 3 rings (SSSR count). The molecule has 0 bridgehead atoms. The molecular formula is C15H9F3N2S. The van der Waals surface area contributed by atoms with Crippen molar-refractivity contribution in [3.05, 3.63) is 59.4 Å². The first kappa shape index (κ1) is 13.8. The lowest BCUT2D eigenvalue weighted by atomic mass is 10.1. The monoisotopic (exact) mass is 306 g/mol. The zero-order valence-electron chi connectivity index (χ0n) is 10.9. The number of aryl methyl sites for hydroxylation is 1. The van der Waals surface area contributed by atoms with Gasteiger partial charge in [-0.05, 0) is 30.7 Å². The maximum atomic E-state index is 13.7. The normalized spacial score (nSPS) is 10.9. The summed E-state index contributed by atoms with van der Waals surface area (Å²) in [5.74, 6) is -1.69. The minimum atomic E-state index is -0.701. The Kier molecular flexibility index (Phi) is 3.47. The van der Waals surface area contributed by atoms with Crippen LogP contribution in [0.3, 0.4) is 0 Å². The van der Waals surface area contributed by atoms with Gasteiger partial charge in [0, 0.05) is 17.2 Å². The molecule has 0 radical (unpaired) electrons. The second-order valence-electron chi connectivity index (χ2n) is 4.50. The van der Waals surface area contributed by atoms with Crippen molar-refractivity contribution >= 4 is 11.3 Å². The van der Waals surface area contributed by atoms with Crippen LogP contribution in [-0.2, 0) is 0 Å². The molecule has 1 aromatic heterocycles. The standard InChI is InChI=1S/C15H9F3N2S/c1-8-2-3-9(6-12(8)17)14-19-20-15(21-14)11-5-4-10(16)7-13(11)18/h2-7H,1H3. The van der Waals surface area contributed by atoms with E-state index in [1.54, 1.807) is 19.1 Å². The first-order valence-electron chi connectivity index (χ1n) is 6.10. The molecule has 0 spiro atoms. The second-order valence-corrected chi connectivity index (χ2v) is 5.48. The third-order valence-electron chi connectivity index (χ3n) is 3.01. The maximum Gasteiger partial charge on any atom is 0.151 e. The molecule has 0 fully saturated rings. The van der Waals surface area contributed by atoms with Gasteiger partial charge < -0.3 is 0 Å². The molecule has 2 aromatic carbocycles. The lowest BCUT2D eigenvalue weighted by Gasteiger charge is -1.99. The van der Waals surface area contributed by atoms with E-state index >= 15 is 0 Å². The molecule has 106 valence electrons. The summed E-state index contributed by atoms with van der Waals surface area (Å²) in [6.45, 7) is 1.67. The largest absolute Gasteiger partial charge is 0.207 e. The van der Waals surface area contributed by atoms with Crippen molar-refractivity contribution in [2.45, 2.75) is 6.92 Å². The first-order chi connectivity index (χ1) is 10.0. The summed E-state index contributed by atoms with van der Waals surface area (Å²) in [7, 11) is 0. The van der Waals surface area contributed by atoms with Gasteiger partial charge in [-0.2, -0.15) is 0 Å². The molecule has 1 heterocycles. The highest BCUT2D eigenvalue weighted by Gasteiger charge is 2.13. The van der Waals surface area contributed by atoms with Crippen LogP contribution in [0.15, 0.2) is 36.4 Å². The molecule has 6 heteroatoms. The molecule has 0 saturated carbocycles. The smallest absolute Gasteiger partial charge is 0.151 e. The SMILES string of the molecule is Cc1ccc(-c2nnc(-c3ccc(F)cc3F)s2)cc1F. The molecule has 0 aliphatic rings. The Hall–Kier alpha value is -2.21. The number of halogens is 3. The van der Waals surface area contributed by atoms with Crippen molar-refractivity contribution < 1.29 is 13.2 Å². The fourth-order valence-corrected chi connectivity index (χ4v) is 2.70. The summed E-state index contributed by atoms with van der Waals surface area (Å²) in [5.41, 5.74) is 1.28. The summed E-state index contributed by atoms with van der Waals surface area (Å²) in [6, 6.07) is 7.99. The lowest BCUT2D eigenvalue weighted by Crippen LogP contribution is -1.85. The number of rotatable bonds is 2. The molecule has 0 saturated heterocycles. The molecule has 0 unspecified atom stereocenters. The average Bonchev–Trinajstić information content (AvgIpc) is 2.91. The third kappa shape index (κ3) is 2.67. The Morgan fingerprint density at radius 3 is 2.33 bits per heavy atom. The fraction of sp³-hybridized carbons (Fsp3) is 0.0667. The van der Waals surface area contributed by atoms with Gasteiger partial charge in [0.05, 0.1) is 0 Å². The number of benzene rings is 2. The van der Waals surface area contributed by atoms with Crippen molar-refractivity contribution in [3.63, 3.8) is 0 Å². The van der Waals surface area contributed by atoms with Gasteiger partial charge in [-0.3, -0.25) is 0 Å². The summed E-state index contributed by atoms with van der Waals surface area (Å²) in [6.07, 6.45) is 0. The first-order valence-corrected chi connectivity index (χ1v) is 6.91. The average molecular weight is 306 g/mol. The van der Waals surface area contributed by atoms with Gasteiger partial charge >= 0.3 is 0 Å². The van der Waals surface area contributed by atoms with Gasteiger partial charge in [0.25, 0.3) is 0 Å². The van der Waals surface area contributed by atoms with Gasteiger partial charge in [0.15, 0.2) is 5.01 Å². The third-order valence-corrected chi connectivity index (χ3v) is 4.01. The van der Waals surface area contributed by atoms with Crippen LogP contribution >= 0.6 is 11.3 Å². The Balaban J connectivity index is 2.01. The van der Waals surface area contributed by atoms with Gasteiger partial charge in [-0.1, -0.05) is 23.5 Å². The summed E-state index contributed by atoms with van der Waals surface area (Å²) >= 11 is 1.12. The second kappa shape index (κ2) is 5.29. The number of aromatic nitrogens is 2. The Morgan fingerprint density at radius 1 is 0.857 bits per heavy atom. The van der Waals surface area contributed by atoms with Crippen molar-refractivity contribution in [2.24, 2.45) is 0 Å². The van der Waals surface area contributed by atoms with E-state index in [1.807, 2.05) is 0 Å². The van der Waals surface area contributed by atoms with E-state index in [0.717, 1.165) is 23.5 Å². The molecule has 0 amide bonds. The van der Waals surface area contributed by atoms with E-state index < -0.39 is 11.6 Å². The van der Waals surface area contributed by atoms with Crippen molar-refractivity contribution in [1.29, 1.82) is 0 Å². The van der Waals surface area contributed by atoms with Gasteiger partial charge in [0.2, 0.25) is 0 Å². The number of hydrogen-bond acceptors (Lipinski definition) is 3. The Labute approximate surface area is 122 Å². The van der Waals surface area contributed by atoms with Crippen LogP contribution in [0.5, 0.6) is 0 Å². The molecule has 0 N–H and O–H groups in total. The maximum absolute atomic E-state index is 13.7. The zero-order chi connectivity index (χ0) is 15.0. The van der Waals surface area contributed by atoms with E-state index in [1.165, 1.54) is 12.1 Å². The topological polar surface area (TPSA) is 25.8 Å². The van der Waals surface area contributed by atoms with E-state index in [9.17, 15) is 13.2 Å². The minimum Gasteiger partial charge on any atom is -0.207 e. The molecule has 3 aromatic rings. The van der Waals surface area contributed by atoms with Crippen LogP contribution in [-0.4, -0.2) is 10.2 Å². The van der Waals surface area contributed by atoms with Crippen LogP contribution in [0.25, 0.3) is 21.1 Å². The van der Waals surface area contributed by atoms with Crippen molar-refractivity contribution in [1.82, 2.24) is 10.2 Å². The van der Waals surface area contributed by atoms with Crippen LogP contribution in [0.1, 0.15) is 5.56 Å². The molecule has 2 nitrogen and oxygen atoms in total. The quantitative estimate of drug-likeness (QED) is 0.691. The molecule has 0 aliphatic carbocycles. The van der Waals surface area contributed by atoms with Gasteiger partial charge in [-0.15, -0.1) is 10.2 Å². The van der Waals surface area contributed by atoms with Gasteiger partial charge in [0.1, 0.15) is 22.5 Å². The molecule has 0 aliphatic heterocycles. The zero-order valence-corrected chi connectivity index (χ0v) is 11.7. The van der Waals surface area contributed by atoms with E-state index in [4.69, 9.17) is 0 Å². The van der Waals surface area contributed by atoms with E-state index in [-0.39, 0.29) is 11.4 Å². The van der Waals surface area contributed by atoms with Crippen molar-refractivity contribution in [2.75, 3.05) is 0 Å². The predicted molar refractivity (Wildman–Crippen MR) is 75.4 cm³/mol. The Bertz CT molecular complexity index is 814. The van der Waals surface area contributed by atoms with Crippen LogP contribution in [0, 0.1) is 24.4 Å². The van der Waals surface area contributed by atoms with E-state index in [2.05, 4.69) is 10.2 Å². The number of hydrogen-bond donors (Lipinski definition) is 0. The molecule has 21 heavy (non-hydrogen) atoms. The van der Waals surface area contributed by atoms with Crippen LogP contribution in [0.2, 0.25) is 0 Å². The predicted octanol–water partition coefficient (Wildman–Crippen LogP) is 4.60.